The number of aliphatic carboxylic acids is 1. The fraction of sp³-hybridized carbons (Fsp3) is 0.188. The molecule has 0 radical (unpaired) electrons. The van der Waals surface area contributed by atoms with E-state index in [1.165, 1.54) is 19.2 Å². The molecule has 0 saturated carbocycles. The number of hydrogen-bond acceptors (Lipinski definition) is 3. The van der Waals surface area contributed by atoms with Crippen molar-refractivity contribution in [3.63, 3.8) is 0 Å². The van der Waals surface area contributed by atoms with Gasteiger partial charge < -0.3 is 14.6 Å². The quantitative estimate of drug-likeness (QED) is 0.888. The van der Waals surface area contributed by atoms with E-state index < -0.39 is 17.9 Å². The van der Waals surface area contributed by atoms with E-state index in [-0.39, 0.29) is 6.42 Å². The summed E-state index contributed by atoms with van der Waals surface area (Å²) in [4.78, 5) is 11.3. The normalized spacial score (nSPS) is 11.7. The largest absolute Gasteiger partial charge is 0.493 e. The number of carbonyl (C=O) groups is 1. The summed E-state index contributed by atoms with van der Waals surface area (Å²) in [6.45, 7) is 0. The van der Waals surface area contributed by atoms with Gasteiger partial charge in [0.15, 0.2) is 17.6 Å². The van der Waals surface area contributed by atoms with Gasteiger partial charge in [-0.05, 0) is 23.8 Å². The molecule has 0 aliphatic rings. The van der Waals surface area contributed by atoms with Crippen molar-refractivity contribution >= 4 is 5.97 Å². The Morgan fingerprint density at radius 2 is 1.76 bits per heavy atom. The molecule has 0 amide bonds. The minimum atomic E-state index is -1.20. The van der Waals surface area contributed by atoms with Gasteiger partial charge in [-0.25, -0.2) is 9.18 Å². The molecule has 1 N–H and O–H groups in total. The molecule has 0 unspecified atom stereocenters. The topological polar surface area (TPSA) is 55.8 Å². The summed E-state index contributed by atoms with van der Waals surface area (Å²) in [6.07, 6.45) is -1.27. The number of ether oxygens (including phenoxy) is 2. The van der Waals surface area contributed by atoms with Crippen LogP contribution in [-0.2, 0) is 11.2 Å². The summed E-state index contributed by atoms with van der Waals surface area (Å²) in [5, 5.41) is 9.26. The van der Waals surface area contributed by atoms with Crippen LogP contribution in [0.3, 0.4) is 0 Å². The van der Waals surface area contributed by atoms with Crippen LogP contribution in [-0.4, -0.2) is 24.3 Å². The van der Waals surface area contributed by atoms with Crippen LogP contribution >= 0.6 is 0 Å². The second-order valence-electron chi connectivity index (χ2n) is 4.39. The average Bonchev–Trinajstić information content (AvgIpc) is 2.49. The first-order chi connectivity index (χ1) is 10.1. The van der Waals surface area contributed by atoms with Gasteiger partial charge >= 0.3 is 5.97 Å². The molecule has 1 atom stereocenters. The van der Waals surface area contributed by atoms with Crippen molar-refractivity contribution in [2.75, 3.05) is 7.11 Å². The zero-order chi connectivity index (χ0) is 15.2. The Morgan fingerprint density at radius 3 is 2.38 bits per heavy atom. The molecule has 0 fully saturated rings. The third-order valence-corrected chi connectivity index (χ3v) is 2.98. The molecule has 2 aromatic rings. The monoisotopic (exact) mass is 290 g/mol. The minimum absolute atomic E-state index is 0.0694. The first kappa shape index (κ1) is 14.8. The van der Waals surface area contributed by atoms with Gasteiger partial charge in [0.25, 0.3) is 0 Å². The average molecular weight is 290 g/mol. The zero-order valence-electron chi connectivity index (χ0n) is 11.5. The SMILES string of the molecule is COc1ccccc1O[C@H](Cc1ccccc1F)C(=O)O. The van der Waals surface area contributed by atoms with Crippen molar-refractivity contribution in [3.8, 4) is 11.5 Å². The molecule has 2 rings (SSSR count). The van der Waals surface area contributed by atoms with E-state index in [2.05, 4.69) is 0 Å². The molecule has 0 saturated heterocycles. The van der Waals surface area contributed by atoms with Gasteiger partial charge in [0.05, 0.1) is 7.11 Å². The van der Waals surface area contributed by atoms with Crippen LogP contribution in [0, 0.1) is 5.82 Å². The zero-order valence-corrected chi connectivity index (χ0v) is 11.5. The highest BCUT2D eigenvalue weighted by atomic mass is 19.1. The van der Waals surface area contributed by atoms with Crippen LogP contribution in [0.15, 0.2) is 48.5 Å². The fourth-order valence-electron chi connectivity index (χ4n) is 1.91. The molecule has 0 spiro atoms. The van der Waals surface area contributed by atoms with E-state index in [4.69, 9.17) is 9.47 Å². The molecule has 2 aromatic carbocycles. The number of carboxylic acid groups (broad SMARTS) is 1. The lowest BCUT2D eigenvalue weighted by Gasteiger charge is -2.17. The van der Waals surface area contributed by atoms with E-state index in [1.807, 2.05) is 0 Å². The van der Waals surface area contributed by atoms with E-state index >= 15 is 0 Å². The van der Waals surface area contributed by atoms with E-state index in [1.54, 1.807) is 36.4 Å². The van der Waals surface area contributed by atoms with E-state index in [0.29, 0.717) is 17.1 Å². The number of para-hydroxylation sites is 2. The number of carboxylic acids is 1. The Hall–Kier alpha value is -2.56. The molecular weight excluding hydrogens is 275 g/mol. The number of halogens is 1. The van der Waals surface area contributed by atoms with Crippen molar-refractivity contribution in [3.05, 3.63) is 59.9 Å². The highest BCUT2D eigenvalue weighted by molar-refractivity contribution is 5.73. The number of benzene rings is 2. The van der Waals surface area contributed by atoms with Crippen LogP contribution in [0.1, 0.15) is 5.56 Å². The van der Waals surface area contributed by atoms with Gasteiger partial charge in [-0.3, -0.25) is 0 Å². The Bertz CT molecular complexity index is 627. The molecule has 0 aliphatic carbocycles. The first-order valence-corrected chi connectivity index (χ1v) is 6.37. The lowest BCUT2D eigenvalue weighted by molar-refractivity contribution is -0.145. The summed E-state index contributed by atoms with van der Waals surface area (Å²) in [6, 6.07) is 12.8. The third-order valence-electron chi connectivity index (χ3n) is 2.98. The Morgan fingerprint density at radius 1 is 1.14 bits per heavy atom. The molecule has 5 heteroatoms. The van der Waals surface area contributed by atoms with Crippen LogP contribution in [0.2, 0.25) is 0 Å². The smallest absolute Gasteiger partial charge is 0.345 e. The fourth-order valence-corrected chi connectivity index (χ4v) is 1.91. The van der Waals surface area contributed by atoms with Crippen molar-refractivity contribution in [1.82, 2.24) is 0 Å². The summed E-state index contributed by atoms with van der Waals surface area (Å²) < 4.78 is 24.2. The molecule has 4 nitrogen and oxygen atoms in total. The highest BCUT2D eigenvalue weighted by Crippen LogP contribution is 2.27. The van der Waals surface area contributed by atoms with Crippen molar-refractivity contribution in [1.29, 1.82) is 0 Å². The predicted octanol–water partition coefficient (Wildman–Crippen LogP) is 2.91. The van der Waals surface area contributed by atoms with Gasteiger partial charge in [-0.2, -0.15) is 0 Å². The number of rotatable bonds is 6. The van der Waals surface area contributed by atoms with Crippen molar-refractivity contribution in [2.45, 2.75) is 12.5 Å². The van der Waals surface area contributed by atoms with Gasteiger partial charge in [0, 0.05) is 6.42 Å². The first-order valence-electron chi connectivity index (χ1n) is 6.37. The summed E-state index contributed by atoms with van der Waals surface area (Å²) >= 11 is 0. The summed E-state index contributed by atoms with van der Waals surface area (Å²) in [5.41, 5.74) is 0.291. The second kappa shape index (κ2) is 6.74. The number of hydrogen-bond donors (Lipinski definition) is 1. The molecule has 0 aliphatic heterocycles. The van der Waals surface area contributed by atoms with Gasteiger partial charge in [0.2, 0.25) is 0 Å². The van der Waals surface area contributed by atoms with Crippen LogP contribution in [0.5, 0.6) is 11.5 Å². The highest BCUT2D eigenvalue weighted by Gasteiger charge is 2.22. The van der Waals surface area contributed by atoms with Gasteiger partial charge in [-0.15, -0.1) is 0 Å². The van der Waals surface area contributed by atoms with Crippen LogP contribution < -0.4 is 9.47 Å². The Labute approximate surface area is 121 Å². The molecule has 0 heterocycles. The Balaban J connectivity index is 2.20. The lowest BCUT2D eigenvalue weighted by atomic mass is 10.1. The van der Waals surface area contributed by atoms with E-state index in [0.717, 1.165) is 0 Å². The van der Waals surface area contributed by atoms with Gasteiger partial charge in [-0.1, -0.05) is 30.3 Å². The van der Waals surface area contributed by atoms with Crippen LogP contribution in [0.25, 0.3) is 0 Å². The Kier molecular flexibility index (Phi) is 4.77. The standard InChI is InChI=1S/C16H15FO4/c1-20-13-8-4-5-9-14(13)21-15(16(18)19)10-11-6-2-3-7-12(11)17/h2-9,15H,10H2,1H3,(H,18,19)/t15-/m1/s1. The van der Waals surface area contributed by atoms with Crippen molar-refractivity contribution < 1.29 is 23.8 Å². The van der Waals surface area contributed by atoms with E-state index in [9.17, 15) is 14.3 Å². The lowest BCUT2D eigenvalue weighted by Crippen LogP contribution is -2.29. The molecule has 110 valence electrons. The molecular formula is C16H15FO4. The van der Waals surface area contributed by atoms with Gasteiger partial charge in [0.1, 0.15) is 5.82 Å². The third kappa shape index (κ3) is 3.72. The maximum absolute atomic E-state index is 13.6. The van der Waals surface area contributed by atoms with Crippen molar-refractivity contribution in [2.24, 2.45) is 0 Å². The maximum Gasteiger partial charge on any atom is 0.345 e. The summed E-state index contributed by atoms with van der Waals surface area (Å²) in [7, 11) is 1.47. The summed E-state index contributed by atoms with van der Waals surface area (Å²) in [5.74, 6) is -0.877. The molecule has 0 aromatic heterocycles. The maximum atomic E-state index is 13.6. The molecule has 0 bridgehead atoms. The minimum Gasteiger partial charge on any atom is -0.493 e. The van der Waals surface area contributed by atoms with Crippen LogP contribution in [0.4, 0.5) is 4.39 Å². The number of methoxy groups -OCH3 is 1. The predicted molar refractivity (Wildman–Crippen MR) is 75.1 cm³/mol. The second-order valence-corrected chi connectivity index (χ2v) is 4.39. The molecule has 21 heavy (non-hydrogen) atoms.